The van der Waals surface area contributed by atoms with Gasteiger partial charge in [0.25, 0.3) is 0 Å². The van der Waals surface area contributed by atoms with Crippen molar-refractivity contribution in [2.24, 2.45) is 0 Å². The summed E-state index contributed by atoms with van der Waals surface area (Å²) in [4.78, 5) is 0. The van der Waals surface area contributed by atoms with Crippen molar-refractivity contribution in [3.05, 3.63) is 57.9 Å². The molecule has 2 aromatic carbocycles. The van der Waals surface area contributed by atoms with E-state index in [2.05, 4.69) is 0 Å². The highest BCUT2D eigenvalue weighted by atomic mass is 35.5. The molecule has 106 valence electrons. The Morgan fingerprint density at radius 2 is 1.30 bits per heavy atom. The third-order valence-corrected chi connectivity index (χ3v) is 3.35. The molecule has 0 aliphatic rings. The molecule has 0 saturated carbocycles. The van der Waals surface area contributed by atoms with Gasteiger partial charge in [-0.1, -0.05) is 23.7 Å². The fourth-order valence-electron chi connectivity index (χ4n) is 1.77. The summed E-state index contributed by atoms with van der Waals surface area (Å²) in [5.74, 6) is -10.3. The smallest absolute Gasteiger partial charge is 0.200 e. The van der Waals surface area contributed by atoms with Crippen LogP contribution >= 0.6 is 23.2 Å². The van der Waals surface area contributed by atoms with Crippen molar-refractivity contribution >= 4 is 23.2 Å². The van der Waals surface area contributed by atoms with E-state index < -0.39 is 34.6 Å². The van der Waals surface area contributed by atoms with Gasteiger partial charge < -0.3 is 0 Å². The van der Waals surface area contributed by atoms with E-state index in [0.717, 1.165) is 0 Å². The topological polar surface area (TPSA) is 0 Å². The summed E-state index contributed by atoms with van der Waals surface area (Å²) >= 11 is 11.4. The lowest BCUT2D eigenvalue weighted by molar-refractivity contribution is 0.381. The zero-order valence-corrected chi connectivity index (χ0v) is 11.1. The van der Waals surface area contributed by atoms with Crippen LogP contribution in [0.15, 0.2) is 18.2 Å². The second-order valence-corrected chi connectivity index (χ2v) is 4.52. The van der Waals surface area contributed by atoms with Gasteiger partial charge in [0.15, 0.2) is 23.3 Å². The van der Waals surface area contributed by atoms with Crippen molar-refractivity contribution in [3.8, 4) is 11.1 Å². The van der Waals surface area contributed by atoms with Crippen LogP contribution in [0.3, 0.4) is 0 Å². The van der Waals surface area contributed by atoms with Crippen LogP contribution in [-0.2, 0) is 5.88 Å². The minimum Gasteiger partial charge on any atom is -0.203 e. The maximum Gasteiger partial charge on any atom is 0.200 e. The third kappa shape index (κ3) is 2.25. The van der Waals surface area contributed by atoms with Gasteiger partial charge in [0.2, 0.25) is 5.82 Å². The summed E-state index contributed by atoms with van der Waals surface area (Å²) in [6.45, 7) is 0. The van der Waals surface area contributed by atoms with E-state index in [4.69, 9.17) is 23.2 Å². The maximum absolute atomic E-state index is 13.7. The fourth-order valence-corrected chi connectivity index (χ4v) is 2.37. The minimum absolute atomic E-state index is 0.0708. The van der Waals surface area contributed by atoms with Crippen molar-refractivity contribution in [2.45, 2.75) is 5.88 Å². The molecule has 0 heterocycles. The number of benzene rings is 2. The Morgan fingerprint density at radius 1 is 0.800 bits per heavy atom. The van der Waals surface area contributed by atoms with Crippen LogP contribution in [0.5, 0.6) is 0 Å². The summed E-state index contributed by atoms with van der Waals surface area (Å²) in [6.07, 6.45) is 0. The summed E-state index contributed by atoms with van der Waals surface area (Å²) in [5, 5.41) is 0.0708. The molecule has 0 nitrogen and oxygen atoms in total. The van der Waals surface area contributed by atoms with E-state index in [1.54, 1.807) is 0 Å². The number of hydrogen-bond acceptors (Lipinski definition) is 0. The summed E-state index contributed by atoms with van der Waals surface area (Å²) in [6, 6.07) is 3.91. The molecule has 7 heteroatoms. The number of alkyl halides is 1. The first-order valence-electron chi connectivity index (χ1n) is 5.25. The first-order valence-corrected chi connectivity index (χ1v) is 6.16. The van der Waals surface area contributed by atoms with E-state index in [1.165, 1.54) is 18.2 Å². The summed E-state index contributed by atoms with van der Waals surface area (Å²) < 4.78 is 66.8. The number of hydrogen-bond donors (Lipinski definition) is 0. The molecular weight excluding hydrogens is 322 g/mol. The molecule has 0 fully saturated rings. The predicted octanol–water partition coefficient (Wildman–Crippen LogP) is 5.44. The Labute approximate surface area is 120 Å². The Hall–Kier alpha value is -1.33. The maximum atomic E-state index is 13.7. The highest BCUT2D eigenvalue weighted by molar-refractivity contribution is 6.32. The van der Waals surface area contributed by atoms with Gasteiger partial charge in [-0.25, -0.2) is 22.0 Å². The van der Waals surface area contributed by atoms with Crippen LogP contribution in [0.4, 0.5) is 22.0 Å². The monoisotopic (exact) mass is 326 g/mol. The number of rotatable bonds is 2. The summed E-state index contributed by atoms with van der Waals surface area (Å²) in [5.41, 5.74) is -1.20. The standard InChI is InChI=1S/C13H5Cl2F5/c14-4-6-5(2-1-3-7(6)15)8-9(16)11(18)13(20)12(19)10(8)17/h1-3H,4H2. The number of halogens is 7. The van der Waals surface area contributed by atoms with Gasteiger partial charge in [-0.05, 0) is 17.2 Å². The highest BCUT2D eigenvalue weighted by Gasteiger charge is 2.27. The molecule has 0 amide bonds. The van der Waals surface area contributed by atoms with Gasteiger partial charge in [-0.15, -0.1) is 11.6 Å². The average Bonchev–Trinajstić information content (AvgIpc) is 2.43. The van der Waals surface area contributed by atoms with Crippen LogP contribution in [0.1, 0.15) is 5.56 Å². The first kappa shape index (κ1) is 15.1. The third-order valence-electron chi connectivity index (χ3n) is 2.73. The molecular formula is C13H5Cl2F5. The molecule has 0 spiro atoms. The van der Waals surface area contributed by atoms with E-state index in [1.807, 2.05) is 0 Å². The van der Waals surface area contributed by atoms with Gasteiger partial charge in [-0.2, -0.15) is 0 Å². The van der Waals surface area contributed by atoms with Gasteiger partial charge in [0.05, 0.1) is 5.56 Å². The fraction of sp³-hybridized carbons (Fsp3) is 0.0769. The lowest BCUT2D eigenvalue weighted by Gasteiger charge is -2.12. The molecule has 0 aliphatic carbocycles. The van der Waals surface area contributed by atoms with E-state index >= 15 is 0 Å². The Balaban J connectivity index is 2.87. The molecule has 0 bridgehead atoms. The van der Waals surface area contributed by atoms with Crippen molar-refractivity contribution in [1.29, 1.82) is 0 Å². The first-order chi connectivity index (χ1) is 9.40. The molecule has 0 aromatic heterocycles. The van der Waals surface area contributed by atoms with Crippen LogP contribution < -0.4 is 0 Å². The van der Waals surface area contributed by atoms with Crippen LogP contribution in [-0.4, -0.2) is 0 Å². The van der Waals surface area contributed by atoms with Gasteiger partial charge in [0, 0.05) is 10.9 Å². The quantitative estimate of drug-likeness (QED) is 0.298. The Kier molecular flexibility index (Phi) is 4.20. The van der Waals surface area contributed by atoms with Crippen LogP contribution in [0, 0.1) is 29.1 Å². The minimum atomic E-state index is -2.21. The zero-order valence-electron chi connectivity index (χ0n) is 9.58. The predicted molar refractivity (Wildman–Crippen MR) is 66.2 cm³/mol. The van der Waals surface area contributed by atoms with Gasteiger partial charge >= 0.3 is 0 Å². The van der Waals surface area contributed by atoms with E-state index in [-0.39, 0.29) is 22.0 Å². The molecule has 0 unspecified atom stereocenters. The van der Waals surface area contributed by atoms with Crippen molar-refractivity contribution < 1.29 is 22.0 Å². The van der Waals surface area contributed by atoms with Crippen LogP contribution in [0.25, 0.3) is 11.1 Å². The molecule has 0 atom stereocenters. The van der Waals surface area contributed by atoms with E-state index in [9.17, 15) is 22.0 Å². The molecule has 0 N–H and O–H groups in total. The van der Waals surface area contributed by atoms with Crippen LogP contribution in [0.2, 0.25) is 5.02 Å². The Bertz CT molecular complexity index is 656. The van der Waals surface area contributed by atoms with Crippen molar-refractivity contribution in [3.63, 3.8) is 0 Å². The van der Waals surface area contributed by atoms with Gasteiger partial charge in [-0.3, -0.25) is 0 Å². The highest BCUT2D eigenvalue weighted by Crippen LogP contribution is 2.36. The largest absolute Gasteiger partial charge is 0.203 e. The average molecular weight is 327 g/mol. The Morgan fingerprint density at radius 3 is 1.80 bits per heavy atom. The molecule has 20 heavy (non-hydrogen) atoms. The lowest BCUT2D eigenvalue weighted by Crippen LogP contribution is -2.05. The zero-order chi connectivity index (χ0) is 15.0. The van der Waals surface area contributed by atoms with E-state index in [0.29, 0.717) is 0 Å². The normalized spacial score (nSPS) is 10.9. The molecule has 2 rings (SSSR count). The second-order valence-electron chi connectivity index (χ2n) is 3.84. The van der Waals surface area contributed by atoms with Gasteiger partial charge in [0.1, 0.15) is 0 Å². The second kappa shape index (κ2) is 5.58. The summed E-state index contributed by atoms with van der Waals surface area (Å²) in [7, 11) is 0. The molecule has 0 radical (unpaired) electrons. The molecule has 2 aromatic rings. The molecule has 0 saturated heterocycles. The molecule has 0 aliphatic heterocycles. The lowest BCUT2D eigenvalue weighted by atomic mass is 9.99. The SMILES string of the molecule is Fc1c(F)c(F)c(-c2cccc(Cl)c2CCl)c(F)c1F. The van der Waals surface area contributed by atoms with Crippen molar-refractivity contribution in [1.82, 2.24) is 0 Å². The van der Waals surface area contributed by atoms with Crippen molar-refractivity contribution in [2.75, 3.05) is 0 Å².